The second-order valence-electron chi connectivity index (χ2n) is 9.23. The molecule has 36 heavy (non-hydrogen) atoms. The minimum atomic E-state index is -0.367. The first-order valence-electron chi connectivity index (χ1n) is 12.3. The van der Waals surface area contributed by atoms with Gasteiger partial charge in [-0.25, -0.2) is 0 Å². The molecule has 3 aromatic rings. The predicted octanol–water partition coefficient (Wildman–Crippen LogP) is 4.83. The van der Waals surface area contributed by atoms with Crippen molar-refractivity contribution >= 4 is 23.7 Å². The number of nitrogens with zero attached hydrogens (tertiary/aromatic N) is 2. The van der Waals surface area contributed by atoms with E-state index < -0.39 is 0 Å². The van der Waals surface area contributed by atoms with E-state index in [0.717, 1.165) is 22.5 Å². The number of hydrogen-bond donors (Lipinski definition) is 0. The number of esters is 1. The monoisotopic (exact) mass is 484 g/mol. The predicted molar refractivity (Wildman–Crippen MR) is 140 cm³/mol. The highest BCUT2D eigenvalue weighted by molar-refractivity contribution is 5.99. The molecule has 6 heteroatoms. The average Bonchev–Trinajstić information content (AvgIpc) is 3.20. The first-order chi connectivity index (χ1) is 17.4. The number of piperidine rings is 1. The van der Waals surface area contributed by atoms with Crippen molar-refractivity contribution in [2.45, 2.75) is 33.2 Å². The Morgan fingerprint density at radius 1 is 0.944 bits per heavy atom. The summed E-state index contributed by atoms with van der Waals surface area (Å²) in [4.78, 5) is 39.7. The van der Waals surface area contributed by atoms with Gasteiger partial charge in [0.15, 0.2) is 6.61 Å². The summed E-state index contributed by atoms with van der Waals surface area (Å²) in [5, 5.41) is 0. The molecule has 0 unspecified atom stereocenters. The number of amides is 1. The Morgan fingerprint density at radius 2 is 1.58 bits per heavy atom. The molecule has 6 nitrogen and oxygen atoms in total. The molecule has 1 aromatic heterocycles. The zero-order valence-corrected chi connectivity index (χ0v) is 20.9. The number of aromatic nitrogens is 1. The van der Waals surface area contributed by atoms with Crippen molar-refractivity contribution in [1.29, 1.82) is 0 Å². The largest absolute Gasteiger partial charge is 0.457 e. The average molecular weight is 485 g/mol. The van der Waals surface area contributed by atoms with Gasteiger partial charge in [0.25, 0.3) is 0 Å². The van der Waals surface area contributed by atoms with E-state index in [1.54, 1.807) is 17.1 Å². The van der Waals surface area contributed by atoms with Gasteiger partial charge in [-0.3, -0.25) is 14.4 Å². The molecule has 0 spiro atoms. The second kappa shape index (κ2) is 11.7. The number of hydrogen-bond acceptors (Lipinski definition) is 4. The Morgan fingerprint density at radius 3 is 2.25 bits per heavy atom. The molecule has 1 fully saturated rings. The number of ketones is 1. The van der Waals surface area contributed by atoms with Crippen molar-refractivity contribution in [2.75, 3.05) is 19.7 Å². The molecular formula is C30H32N2O4. The van der Waals surface area contributed by atoms with Crippen LogP contribution in [0.15, 0.2) is 72.8 Å². The van der Waals surface area contributed by atoms with Gasteiger partial charge in [-0.05, 0) is 50.0 Å². The first-order valence-corrected chi connectivity index (χ1v) is 12.3. The van der Waals surface area contributed by atoms with Crippen molar-refractivity contribution in [2.24, 2.45) is 5.92 Å². The van der Waals surface area contributed by atoms with E-state index in [9.17, 15) is 14.4 Å². The highest BCUT2D eigenvalue weighted by Crippen LogP contribution is 2.21. The van der Waals surface area contributed by atoms with Crippen LogP contribution in [0.3, 0.4) is 0 Å². The molecule has 1 amide bonds. The highest BCUT2D eigenvalue weighted by Gasteiger charge is 2.28. The summed E-state index contributed by atoms with van der Waals surface area (Å²) in [6, 6.07) is 21.6. The molecule has 2 aromatic carbocycles. The number of Topliss-reactive ketones (excluding diaryl/α,β-unsaturated/α-hetero) is 1. The van der Waals surface area contributed by atoms with Gasteiger partial charge in [0.2, 0.25) is 11.7 Å². The van der Waals surface area contributed by atoms with E-state index in [1.165, 1.54) is 0 Å². The van der Waals surface area contributed by atoms with Crippen molar-refractivity contribution in [3.63, 3.8) is 0 Å². The lowest BCUT2D eigenvalue weighted by atomic mass is 9.97. The highest BCUT2D eigenvalue weighted by atomic mass is 16.5. The lowest BCUT2D eigenvalue weighted by molar-refractivity contribution is -0.150. The Bertz CT molecular complexity index is 1240. The second-order valence-corrected chi connectivity index (χ2v) is 9.23. The standard InChI is InChI=1S/C30H32N2O4/c1-22-19-27(23(2)32(22)20-25-11-7-4-8-12-25)28(33)21-36-30(35)26-15-17-31(18-16-26)29(34)14-13-24-9-5-3-6-10-24/h3-14,19,26H,15-18,20-21H2,1-2H3/b14-13+. The fourth-order valence-corrected chi connectivity index (χ4v) is 4.60. The van der Waals surface area contributed by atoms with E-state index in [4.69, 9.17) is 4.74 Å². The van der Waals surface area contributed by atoms with E-state index in [0.29, 0.717) is 38.0 Å². The smallest absolute Gasteiger partial charge is 0.309 e. The van der Waals surface area contributed by atoms with Crippen LogP contribution in [-0.4, -0.2) is 46.8 Å². The Labute approximate surface area is 212 Å². The van der Waals surface area contributed by atoms with E-state index in [1.807, 2.05) is 68.4 Å². The van der Waals surface area contributed by atoms with Gasteiger partial charge in [0.05, 0.1) is 5.92 Å². The molecule has 0 radical (unpaired) electrons. The van der Waals surface area contributed by atoms with Crippen molar-refractivity contribution in [3.05, 3.63) is 101 Å². The Balaban J connectivity index is 1.26. The Hall–Kier alpha value is -3.93. The van der Waals surface area contributed by atoms with Gasteiger partial charge in [-0.2, -0.15) is 0 Å². The molecule has 0 aliphatic carbocycles. The fourth-order valence-electron chi connectivity index (χ4n) is 4.60. The summed E-state index contributed by atoms with van der Waals surface area (Å²) in [5.74, 6) is -0.931. The maximum absolute atomic E-state index is 12.8. The molecular weight excluding hydrogens is 452 g/mol. The quantitative estimate of drug-likeness (QED) is 0.261. The topological polar surface area (TPSA) is 68.6 Å². The summed E-state index contributed by atoms with van der Waals surface area (Å²) in [5.41, 5.74) is 4.57. The minimum Gasteiger partial charge on any atom is -0.457 e. The minimum absolute atomic E-state index is 0.0632. The van der Waals surface area contributed by atoms with Crippen LogP contribution in [0.2, 0.25) is 0 Å². The van der Waals surface area contributed by atoms with E-state index in [-0.39, 0.29) is 30.2 Å². The summed E-state index contributed by atoms with van der Waals surface area (Å²) < 4.78 is 7.51. The van der Waals surface area contributed by atoms with Crippen LogP contribution >= 0.6 is 0 Å². The normalized spacial score (nSPS) is 14.2. The van der Waals surface area contributed by atoms with Crippen LogP contribution in [0.1, 0.15) is 45.7 Å². The molecule has 0 N–H and O–H groups in total. The van der Waals surface area contributed by atoms with Crippen LogP contribution in [0.5, 0.6) is 0 Å². The van der Waals surface area contributed by atoms with Gasteiger partial charge < -0.3 is 14.2 Å². The zero-order chi connectivity index (χ0) is 25.5. The molecule has 1 saturated heterocycles. The number of carbonyl (C=O) groups is 3. The third-order valence-corrected chi connectivity index (χ3v) is 6.76. The molecule has 1 aliphatic heterocycles. The lowest BCUT2D eigenvalue weighted by Crippen LogP contribution is -2.40. The first kappa shape index (κ1) is 25.2. The third kappa shape index (κ3) is 6.19. The van der Waals surface area contributed by atoms with E-state index in [2.05, 4.69) is 16.7 Å². The molecule has 1 aliphatic rings. The van der Waals surface area contributed by atoms with Crippen molar-refractivity contribution in [1.82, 2.24) is 9.47 Å². The molecule has 2 heterocycles. The van der Waals surface area contributed by atoms with Crippen LogP contribution in [0.25, 0.3) is 6.08 Å². The third-order valence-electron chi connectivity index (χ3n) is 6.76. The number of rotatable bonds is 8. The number of benzene rings is 2. The summed E-state index contributed by atoms with van der Waals surface area (Å²) in [6.45, 7) is 5.29. The lowest BCUT2D eigenvalue weighted by Gasteiger charge is -2.30. The fraction of sp³-hybridized carbons (Fsp3) is 0.300. The maximum Gasteiger partial charge on any atom is 0.309 e. The maximum atomic E-state index is 12.8. The number of ether oxygens (including phenoxy) is 1. The van der Waals surface area contributed by atoms with Crippen LogP contribution in [0, 0.1) is 19.8 Å². The van der Waals surface area contributed by atoms with Crippen molar-refractivity contribution < 1.29 is 19.1 Å². The molecule has 4 rings (SSSR count). The van der Waals surface area contributed by atoms with E-state index >= 15 is 0 Å². The molecule has 186 valence electrons. The number of likely N-dealkylation sites (tertiary alicyclic amines) is 1. The summed E-state index contributed by atoms with van der Waals surface area (Å²) in [6.07, 6.45) is 4.43. The number of carbonyl (C=O) groups excluding carboxylic acids is 3. The van der Waals surface area contributed by atoms with Crippen LogP contribution in [0.4, 0.5) is 0 Å². The van der Waals surface area contributed by atoms with Crippen LogP contribution in [-0.2, 0) is 20.9 Å². The zero-order valence-electron chi connectivity index (χ0n) is 20.9. The van der Waals surface area contributed by atoms with Crippen LogP contribution < -0.4 is 0 Å². The van der Waals surface area contributed by atoms with Gasteiger partial charge in [0, 0.05) is 42.7 Å². The van der Waals surface area contributed by atoms with Gasteiger partial charge in [0.1, 0.15) is 0 Å². The Kier molecular flexibility index (Phi) is 8.16. The summed E-state index contributed by atoms with van der Waals surface area (Å²) in [7, 11) is 0. The van der Waals surface area contributed by atoms with Crippen molar-refractivity contribution in [3.8, 4) is 0 Å². The molecule has 0 atom stereocenters. The van der Waals surface area contributed by atoms with Gasteiger partial charge in [-0.15, -0.1) is 0 Å². The molecule has 0 bridgehead atoms. The van der Waals surface area contributed by atoms with Gasteiger partial charge >= 0.3 is 5.97 Å². The molecule has 0 saturated carbocycles. The summed E-state index contributed by atoms with van der Waals surface area (Å²) >= 11 is 0. The SMILES string of the molecule is Cc1cc(C(=O)COC(=O)C2CCN(C(=O)/C=C/c3ccccc3)CC2)c(C)n1Cc1ccccc1. The number of aryl methyl sites for hydroxylation is 1. The van der Waals surface area contributed by atoms with Gasteiger partial charge in [-0.1, -0.05) is 60.7 Å².